The van der Waals surface area contributed by atoms with Gasteiger partial charge in [0.25, 0.3) is 0 Å². The van der Waals surface area contributed by atoms with Crippen LogP contribution < -0.4 is 0 Å². The molecule has 1 aromatic heterocycles. The molecule has 2 aromatic carbocycles. The summed E-state index contributed by atoms with van der Waals surface area (Å²) < 4.78 is 1.00. The fourth-order valence-electron chi connectivity index (χ4n) is 3.54. The van der Waals surface area contributed by atoms with Crippen LogP contribution >= 0.6 is 27.3 Å². The second kappa shape index (κ2) is 7.30. The van der Waals surface area contributed by atoms with Crippen molar-refractivity contribution in [2.45, 2.75) is 26.7 Å². The minimum atomic E-state index is -0.225. The number of benzene rings is 2. The number of ketones is 1. The first kappa shape index (κ1) is 19.1. The molecule has 5 heteroatoms. The molecule has 1 aliphatic carbocycles. The molecule has 1 N–H and O–H groups in total. The van der Waals surface area contributed by atoms with Crippen molar-refractivity contribution < 1.29 is 9.90 Å². The van der Waals surface area contributed by atoms with Crippen molar-refractivity contribution in [1.82, 2.24) is 4.98 Å². The molecule has 0 amide bonds. The third-order valence-electron chi connectivity index (χ3n) is 4.85. The molecule has 0 aliphatic heterocycles. The predicted octanol–water partition coefficient (Wildman–Crippen LogP) is 6.90. The predicted molar refractivity (Wildman–Crippen MR) is 118 cm³/mol. The third-order valence-corrected chi connectivity index (χ3v) is 6.50. The van der Waals surface area contributed by atoms with E-state index in [9.17, 15) is 9.90 Å². The molecule has 0 bridgehead atoms. The van der Waals surface area contributed by atoms with Crippen molar-refractivity contribution in [1.29, 1.82) is 0 Å². The molecule has 0 saturated heterocycles. The van der Waals surface area contributed by atoms with E-state index in [0.29, 0.717) is 18.4 Å². The van der Waals surface area contributed by atoms with E-state index >= 15 is 0 Å². The first-order chi connectivity index (χ1) is 13.3. The highest BCUT2D eigenvalue weighted by Gasteiger charge is 2.36. The number of nitrogens with zero attached hydrogens (tertiary/aromatic N) is 1. The van der Waals surface area contributed by atoms with Gasteiger partial charge in [0.1, 0.15) is 10.8 Å². The van der Waals surface area contributed by atoms with Gasteiger partial charge >= 0.3 is 0 Å². The van der Waals surface area contributed by atoms with E-state index in [1.54, 1.807) is 0 Å². The topological polar surface area (TPSA) is 50.2 Å². The highest BCUT2D eigenvalue weighted by molar-refractivity contribution is 9.10. The van der Waals surface area contributed by atoms with Crippen LogP contribution in [0.3, 0.4) is 0 Å². The number of carbonyl (C=O) groups is 1. The fraction of sp³-hybridized carbons (Fsp3) is 0.217. The number of hydrogen-bond acceptors (Lipinski definition) is 4. The van der Waals surface area contributed by atoms with Crippen LogP contribution in [0.2, 0.25) is 0 Å². The van der Waals surface area contributed by atoms with E-state index in [4.69, 9.17) is 4.98 Å². The lowest BCUT2D eigenvalue weighted by atomic mass is 9.76. The lowest BCUT2D eigenvalue weighted by Gasteiger charge is -2.29. The summed E-state index contributed by atoms with van der Waals surface area (Å²) in [5, 5.41) is 11.6. The largest absolute Gasteiger partial charge is 0.511 e. The molecule has 0 fully saturated rings. The van der Waals surface area contributed by atoms with Crippen LogP contribution in [-0.4, -0.2) is 15.9 Å². The van der Waals surface area contributed by atoms with Crippen LogP contribution in [0.25, 0.3) is 27.4 Å². The number of allylic oxidation sites excluding steroid dienone is 2. The lowest BCUT2D eigenvalue weighted by Crippen LogP contribution is -2.25. The van der Waals surface area contributed by atoms with Gasteiger partial charge in [-0.05, 0) is 17.5 Å². The normalized spacial score (nSPS) is 16.5. The van der Waals surface area contributed by atoms with Crippen molar-refractivity contribution in [3.8, 4) is 21.8 Å². The van der Waals surface area contributed by atoms with Gasteiger partial charge < -0.3 is 5.11 Å². The number of halogens is 1. The summed E-state index contributed by atoms with van der Waals surface area (Å²) in [4.78, 5) is 18.6. The highest BCUT2D eigenvalue weighted by atomic mass is 79.9. The number of hydrogen-bond donors (Lipinski definition) is 1. The second-order valence-corrected chi connectivity index (χ2v) is 9.75. The van der Waals surface area contributed by atoms with Gasteiger partial charge in [-0.25, -0.2) is 4.98 Å². The summed E-state index contributed by atoms with van der Waals surface area (Å²) in [7, 11) is 0. The fourth-order valence-corrected chi connectivity index (χ4v) is 4.99. The van der Waals surface area contributed by atoms with Crippen molar-refractivity contribution >= 4 is 38.6 Å². The molecule has 0 spiro atoms. The van der Waals surface area contributed by atoms with Crippen LogP contribution in [0.1, 0.15) is 31.6 Å². The summed E-state index contributed by atoms with van der Waals surface area (Å²) in [5.41, 5.74) is 2.88. The van der Waals surface area contributed by atoms with Gasteiger partial charge in [0, 0.05) is 28.4 Å². The number of thiazole rings is 1. The molecule has 0 saturated carbocycles. The zero-order chi connectivity index (χ0) is 19.9. The van der Waals surface area contributed by atoms with Gasteiger partial charge in [-0.3, -0.25) is 4.79 Å². The SMILES string of the molecule is CC1(C)CC(=O)C(c2sc(-c3ccc(Br)cc3)nc2-c2ccccc2)=C(O)C1. The zero-order valence-corrected chi connectivity index (χ0v) is 18.1. The Kier molecular flexibility index (Phi) is 4.98. The smallest absolute Gasteiger partial charge is 0.168 e. The summed E-state index contributed by atoms with van der Waals surface area (Å²) in [5.74, 6) is 0.154. The molecule has 3 nitrogen and oxygen atoms in total. The Balaban J connectivity index is 1.91. The van der Waals surface area contributed by atoms with Crippen LogP contribution in [0, 0.1) is 5.41 Å². The Bertz CT molecular complexity index is 1070. The number of aliphatic hydroxyl groups is 1. The maximum absolute atomic E-state index is 12.9. The molecule has 142 valence electrons. The van der Waals surface area contributed by atoms with Gasteiger partial charge in [-0.2, -0.15) is 0 Å². The summed E-state index contributed by atoms with van der Waals surface area (Å²) in [6, 6.07) is 17.8. The molecule has 0 atom stereocenters. The number of aliphatic hydroxyl groups excluding tert-OH is 1. The van der Waals surface area contributed by atoms with E-state index in [-0.39, 0.29) is 17.0 Å². The third kappa shape index (κ3) is 3.69. The number of Topliss-reactive ketones (excluding diaryl/α,β-unsaturated/α-hetero) is 1. The standard InChI is InChI=1S/C23H20BrNO2S/c1-23(2)12-17(26)19(18(27)13-23)21-20(14-6-4-3-5-7-14)25-22(28-21)15-8-10-16(24)11-9-15/h3-11,26H,12-13H2,1-2H3. The molecule has 0 radical (unpaired) electrons. The van der Waals surface area contributed by atoms with Crippen molar-refractivity contribution in [3.05, 3.63) is 69.7 Å². The van der Waals surface area contributed by atoms with Crippen LogP contribution in [-0.2, 0) is 4.79 Å². The maximum Gasteiger partial charge on any atom is 0.168 e. The summed E-state index contributed by atoms with van der Waals surface area (Å²) in [6.07, 6.45) is 0.917. The Morgan fingerprint density at radius 2 is 1.68 bits per heavy atom. The number of rotatable bonds is 3. The van der Waals surface area contributed by atoms with E-state index in [1.807, 2.05) is 68.4 Å². The Hall–Kier alpha value is -2.24. The highest BCUT2D eigenvalue weighted by Crippen LogP contribution is 2.45. The van der Waals surface area contributed by atoms with Crippen LogP contribution in [0.5, 0.6) is 0 Å². The van der Waals surface area contributed by atoms with Gasteiger partial charge in [0.2, 0.25) is 0 Å². The molecule has 3 aromatic rings. The van der Waals surface area contributed by atoms with Crippen molar-refractivity contribution in [2.24, 2.45) is 5.41 Å². The van der Waals surface area contributed by atoms with Crippen LogP contribution in [0.15, 0.2) is 64.8 Å². The molecule has 1 heterocycles. The summed E-state index contributed by atoms with van der Waals surface area (Å²) in [6.45, 7) is 4.02. The average Bonchev–Trinajstić information content (AvgIpc) is 3.06. The van der Waals surface area contributed by atoms with Gasteiger partial charge in [0.15, 0.2) is 5.78 Å². The van der Waals surface area contributed by atoms with E-state index in [1.165, 1.54) is 11.3 Å². The maximum atomic E-state index is 12.9. The molecular formula is C23H20BrNO2S. The Labute approximate surface area is 176 Å². The average molecular weight is 454 g/mol. The zero-order valence-electron chi connectivity index (χ0n) is 15.7. The Morgan fingerprint density at radius 3 is 2.32 bits per heavy atom. The molecule has 28 heavy (non-hydrogen) atoms. The van der Waals surface area contributed by atoms with Crippen LogP contribution in [0.4, 0.5) is 0 Å². The van der Waals surface area contributed by atoms with Gasteiger partial charge in [-0.15, -0.1) is 11.3 Å². The molecule has 4 rings (SSSR count). The molecule has 0 unspecified atom stereocenters. The first-order valence-electron chi connectivity index (χ1n) is 9.12. The number of aromatic nitrogens is 1. The van der Waals surface area contributed by atoms with Crippen molar-refractivity contribution in [2.75, 3.05) is 0 Å². The number of carbonyl (C=O) groups excluding carboxylic acids is 1. The monoisotopic (exact) mass is 453 g/mol. The second-order valence-electron chi connectivity index (χ2n) is 7.83. The Morgan fingerprint density at radius 1 is 1.00 bits per heavy atom. The van der Waals surface area contributed by atoms with E-state index < -0.39 is 0 Å². The molecular weight excluding hydrogens is 434 g/mol. The lowest BCUT2D eigenvalue weighted by molar-refractivity contribution is -0.116. The minimum Gasteiger partial charge on any atom is -0.511 e. The summed E-state index contributed by atoms with van der Waals surface area (Å²) >= 11 is 4.92. The van der Waals surface area contributed by atoms with E-state index in [2.05, 4.69) is 15.9 Å². The van der Waals surface area contributed by atoms with Gasteiger partial charge in [-0.1, -0.05) is 72.2 Å². The van der Waals surface area contributed by atoms with E-state index in [0.717, 1.165) is 31.2 Å². The quantitative estimate of drug-likeness (QED) is 0.469. The minimum absolute atomic E-state index is 0.0167. The van der Waals surface area contributed by atoms with Crippen molar-refractivity contribution in [3.63, 3.8) is 0 Å². The first-order valence-corrected chi connectivity index (χ1v) is 10.7. The van der Waals surface area contributed by atoms with Gasteiger partial charge in [0.05, 0.1) is 16.1 Å². The molecule has 1 aliphatic rings.